The van der Waals surface area contributed by atoms with E-state index in [1.165, 1.54) is 0 Å². The molecule has 19 heavy (non-hydrogen) atoms. The standard InChI is InChI=1S/C12H15BrN2O3.ClH/c1-15(8-11(16)14-6-12(17)18)7-9-3-2-4-10(13)5-9;/h2-5H,6-8H2,1H3,(H,14,16)(H,17,18);1H. The van der Waals surface area contributed by atoms with E-state index in [0.717, 1.165) is 10.0 Å². The lowest BCUT2D eigenvalue weighted by Crippen LogP contribution is -2.37. The van der Waals surface area contributed by atoms with E-state index in [-0.39, 0.29) is 31.4 Å². The molecule has 0 aliphatic heterocycles. The molecular weight excluding hydrogens is 336 g/mol. The highest BCUT2D eigenvalue weighted by molar-refractivity contribution is 9.10. The summed E-state index contributed by atoms with van der Waals surface area (Å²) in [7, 11) is 1.81. The molecule has 0 saturated heterocycles. The Morgan fingerprint density at radius 1 is 1.42 bits per heavy atom. The number of rotatable bonds is 6. The van der Waals surface area contributed by atoms with E-state index in [2.05, 4.69) is 21.2 Å². The number of nitrogens with one attached hydrogen (secondary N) is 1. The molecule has 0 heterocycles. The second-order valence-electron chi connectivity index (χ2n) is 3.97. The minimum absolute atomic E-state index is 0. The van der Waals surface area contributed by atoms with Crippen molar-refractivity contribution in [2.75, 3.05) is 20.1 Å². The smallest absolute Gasteiger partial charge is 0.322 e. The monoisotopic (exact) mass is 350 g/mol. The van der Waals surface area contributed by atoms with Crippen LogP contribution in [0, 0.1) is 0 Å². The molecule has 0 aliphatic rings. The van der Waals surface area contributed by atoms with Crippen molar-refractivity contribution in [2.45, 2.75) is 6.54 Å². The van der Waals surface area contributed by atoms with Crippen LogP contribution in [0.15, 0.2) is 28.7 Å². The number of carboxylic acids is 1. The topological polar surface area (TPSA) is 69.6 Å². The highest BCUT2D eigenvalue weighted by Gasteiger charge is 2.08. The fourth-order valence-corrected chi connectivity index (χ4v) is 1.92. The lowest BCUT2D eigenvalue weighted by atomic mass is 10.2. The van der Waals surface area contributed by atoms with Gasteiger partial charge in [-0.2, -0.15) is 0 Å². The zero-order chi connectivity index (χ0) is 13.5. The summed E-state index contributed by atoms with van der Waals surface area (Å²) in [6.45, 7) is 0.448. The minimum atomic E-state index is -1.04. The van der Waals surface area contributed by atoms with Crippen LogP contribution in [0.3, 0.4) is 0 Å². The van der Waals surface area contributed by atoms with Gasteiger partial charge in [-0.1, -0.05) is 28.1 Å². The lowest BCUT2D eigenvalue weighted by molar-refractivity contribution is -0.138. The van der Waals surface area contributed by atoms with Crippen LogP contribution in [0.25, 0.3) is 0 Å². The molecule has 1 amide bonds. The number of aliphatic carboxylic acids is 1. The SMILES string of the molecule is CN(CC(=O)NCC(=O)O)Cc1cccc(Br)c1.Cl. The highest BCUT2D eigenvalue weighted by Crippen LogP contribution is 2.12. The van der Waals surface area contributed by atoms with Gasteiger partial charge in [0.05, 0.1) is 6.54 Å². The molecule has 106 valence electrons. The van der Waals surface area contributed by atoms with Crippen LogP contribution in [0.4, 0.5) is 0 Å². The molecule has 1 aromatic carbocycles. The molecule has 0 aromatic heterocycles. The number of likely N-dealkylation sites (N-methyl/N-ethyl adjacent to an activating group) is 1. The molecule has 0 saturated carbocycles. The van der Waals surface area contributed by atoms with Gasteiger partial charge < -0.3 is 10.4 Å². The molecule has 0 radical (unpaired) electrons. The Bertz CT molecular complexity index is 443. The van der Waals surface area contributed by atoms with Gasteiger partial charge in [0.2, 0.25) is 5.91 Å². The van der Waals surface area contributed by atoms with E-state index in [4.69, 9.17) is 5.11 Å². The number of carboxylic acid groups (broad SMARTS) is 1. The average Bonchev–Trinajstić information content (AvgIpc) is 2.26. The molecule has 1 aromatic rings. The molecule has 0 spiro atoms. The second kappa shape index (κ2) is 8.90. The molecule has 0 atom stereocenters. The Kier molecular flexibility index (Phi) is 8.38. The predicted molar refractivity (Wildman–Crippen MR) is 78.4 cm³/mol. The predicted octanol–water partition coefficient (Wildman–Crippen LogP) is 1.50. The maximum atomic E-state index is 11.4. The molecule has 0 fully saturated rings. The van der Waals surface area contributed by atoms with Gasteiger partial charge in [-0.15, -0.1) is 12.4 Å². The van der Waals surface area contributed by atoms with Crippen LogP contribution >= 0.6 is 28.3 Å². The van der Waals surface area contributed by atoms with Gasteiger partial charge in [0, 0.05) is 11.0 Å². The number of hydrogen-bond donors (Lipinski definition) is 2. The summed E-state index contributed by atoms with van der Waals surface area (Å²) in [6.07, 6.45) is 0. The van der Waals surface area contributed by atoms with Crippen molar-refractivity contribution < 1.29 is 14.7 Å². The van der Waals surface area contributed by atoms with Crippen molar-refractivity contribution in [3.05, 3.63) is 34.3 Å². The quantitative estimate of drug-likeness (QED) is 0.815. The van der Waals surface area contributed by atoms with Crippen molar-refractivity contribution in [2.24, 2.45) is 0 Å². The van der Waals surface area contributed by atoms with Crippen molar-refractivity contribution in [1.82, 2.24) is 10.2 Å². The van der Waals surface area contributed by atoms with E-state index in [0.29, 0.717) is 6.54 Å². The van der Waals surface area contributed by atoms with Crippen LogP contribution in [0.1, 0.15) is 5.56 Å². The van der Waals surface area contributed by atoms with Crippen LogP contribution < -0.4 is 5.32 Å². The summed E-state index contributed by atoms with van der Waals surface area (Å²) in [5.41, 5.74) is 1.08. The molecule has 0 bridgehead atoms. The normalized spacial score (nSPS) is 9.84. The summed E-state index contributed by atoms with van der Waals surface area (Å²) < 4.78 is 0.990. The number of nitrogens with zero attached hydrogens (tertiary/aromatic N) is 1. The number of hydrogen-bond acceptors (Lipinski definition) is 3. The summed E-state index contributed by atoms with van der Waals surface area (Å²) in [5.74, 6) is -1.34. The molecular formula is C12H16BrClN2O3. The fourth-order valence-electron chi connectivity index (χ4n) is 1.48. The Labute approximate surface area is 126 Å². The largest absolute Gasteiger partial charge is 0.480 e. The maximum absolute atomic E-state index is 11.4. The molecule has 0 unspecified atom stereocenters. The second-order valence-corrected chi connectivity index (χ2v) is 4.89. The Morgan fingerprint density at radius 3 is 2.68 bits per heavy atom. The first-order valence-corrected chi connectivity index (χ1v) is 6.18. The fraction of sp³-hybridized carbons (Fsp3) is 0.333. The minimum Gasteiger partial charge on any atom is -0.480 e. The van der Waals surface area contributed by atoms with E-state index < -0.39 is 5.97 Å². The molecule has 1 rings (SSSR count). The van der Waals surface area contributed by atoms with Gasteiger partial charge in [0.15, 0.2) is 0 Å². The van der Waals surface area contributed by atoms with Crippen molar-refractivity contribution in [3.8, 4) is 0 Å². The van der Waals surface area contributed by atoms with E-state index in [1.807, 2.05) is 29.2 Å². The van der Waals surface area contributed by atoms with Gasteiger partial charge in [-0.3, -0.25) is 14.5 Å². The third-order valence-electron chi connectivity index (χ3n) is 2.19. The van der Waals surface area contributed by atoms with Crippen molar-refractivity contribution >= 4 is 40.2 Å². The zero-order valence-corrected chi connectivity index (χ0v) is 12.8. The molecule has 2 N–H and O–H groups in total. The van der Waals surface area contributed by atoms with Gasteiger partial charge in [-0.05, 0) is 24.7 Å². The van der Waals surface area contributed by atoms with E-state index in [1.54, 1.807) is 7.05 Å². The summed E-state index contributed by atoms with van der Waals surface area (Å²) in [6, 6.07) is 7.81. The average molecular weight is 352 g/mol. The van der Waals surface area contributed by atoms with Gasteiger partial charge in [0.25, 0.3) is 0 Å². The summed E-state index contributed by atoms with van der Waals surface area (Å²) in [5, 5.41) is 10.7. The van der Waals surface area contributed by atoms with E-state index in [9.17, 15) is 9.59 Å². The Hall–Kier alpha value is -1.11. The Balaban J connectivity index is 0.00000324. The van der Waals surface area contributed by atoms with Gasteiger partial charge >= 0.3 is 5.97 Å². The van der Waals surface area contributed by atoms with Crippen LogP contribution in [-0.2, 0) is 16.1 Å². The maximum Gasteiger partial charge on any atom is 0.322 e. The Morgan fingerprint density at radius 2 is 2.11 bits per heavy atom. The number of carbonyl (C=O) groups is 2. The third-order valence-corrected chi connectivity index (χ3v) is 2.69. The summed E-state index contributed by atoms with van der Waals surface area (Å²) in [4.78, 5) is 23.5. The summed E-state index contributed by atoms with van der Waals surface area (Å²) >= 11 is 3.38. The van der Waals surface area contributed by atoms with Crippen molar-refractivity contribution in [1.29, 1.82) is 0 Å². The first kappa shape index (κ1) is 17.9. The molecule has 5 nitrogen and oxygen atoms in total. The van der Waals surface area contributed by atoms with Gasteiger partial charge in [-0.25, -0.2) is 0 Å². The molecule has 0 aliphatic carbocycles. The van der Waals surface area contributed by atoms with Crippen LogP contribution in [0.5, 0.6) is 0 Å². The number of benzene rings is 1. The first-order valence-electron chi connectivity index (χ1n) is 5.39. The highest BCUT2D eigenvalue weighted by atomic mass is 79.9. The number of carbonyl (C=O) groups excluding carboxylic acids is 1. The van der Waals surface area contributed by atoms with Crippen LogP contribution in [0.2, 0.25) is 0 Å². The number of halogens is 2. The van der Waals surface area contributed by atoms with Crippen LogP contribution in [-0.4, -0.2) is 42.0 Å². The van der Waals surface area contributed by atoms with Crippen molar-refractivity contribution in [3.63, 3.8) is 0 Å². The first-order chi connectivity index (χ1) is 8.47. The zero-order valence-electron chi connectivity index (χ0n) is 10.4. The van der Waals surface area contributed by atoms with Gasteiger partial charge in [0.1, 0.15) is 6.54 Å². The molecule has 7 heteroatoms. The third kappa shape index (κ3) is 7.81. The lowest BCUT2D eigenvalue weighted by Gasteiger charge is -2.16. The number of amides is 1. The van der Waals surface area contributed by atoms with E-state index >= 15 is 0 Å².